The number of imidazole rings is 1. The van der Waals surface area contributed by atoms with Gasteiger partial charge in [0.1, 0.15) is 4.90 Å². The van der Waals surface area contributed by atoms with Crippen molar-refractivity contribution in [2.75, 3.05) is 31.7 Å². The van der Waals surface area contributed by atoms with Crippen LogP contribution < -0.4 is 15.4 Å². The van der Waals surface area contributed by atoms with Gasteiger partial charge in [-0.1, -0.05) is 11.3 Å². The maximum atomic E-state index is 13.0. The largest absolute Gasteiger partial charge is 0.383 e. The van der Waals surface area contributed by atoms with Crippen LogP contribution in [0.4, 0.5) is 14.5 Å². The number of methoxy groups -OCH3 is 1. The van der Waals surface area contributed by atoms with E-state index in [0.717, 1.165) is 0 Å². The number of nitrogens with zero attached hydrogens (tertiary/aromatic N) is 5. The van der Waals surface area contributed by atoms with Gasteiger partial charge >= 0.3 is 0 Å². The molecule has 0 amide bonds. The zero-order valence-corrected chi connectivity index (χ0v) is 19.3. The Hall–Kier alpha value is -2.26. The molecule has 1 saturated heterocycles. The molecule has 4 heterocycles. The Balaban J connectivity index is 1.88. The molecular formula is C18H23F2N7O3S2. The number of piperazine rings is 1. The maximum absolute atomic E-state index is 13.0. The highest BCUT2D eigenvalue weighted by Gasteiger charge is 2.33. The molecule has 174 valence electrons. The average molecular weight is 488 g/mol. The minimum Gasteiger partial charge on any atom is -0.383 e. The highest BCUT2D eigenvalue weighted by molar-refractivity contribution is 7.89. The molecule has 4 rings (SSSR count). The van der Waals surface area contributed by atoms with E-state index < -0.39 is 21.5 Å². The Morgan fingerprint density at radius 1 is 1.41 bits per heavy atom. The fraction of sp³-hybridized carbons (Fsp3) is 0.500. The van der Waals surface area contributed by atoms with Gasteiger partial charge in [-0.2, -0.15) is 0 Å². The fourth-order valence-corrected chi connectivity index (χ4v) is 5.19. The van der Waals surface area contributed by atoms with Crippen molar-refractivity contribution < 1.29 is 21.9 Å². The van der Waals surface area contributed by atoms with Crippen molar-refractivity contribution in [3.05, 3.63) is 23.5 Å². The lowest BCUT2D eigenvalue weighted by atomic mass is 9.98. The van der Waals surface area contributed by atoms with Gasteiger partial charge in [0, 0.05) is 38.0 Å². The molecule has 1 aliphatic rings. The van der Waals surface area contributed by atoms with Crippen LogP contribution in [0, 0.1) is 0 Å². The molecule has 0 spiro atoms. The number of hydrogen-bond acceptors (Lipinski definition) is 9. The van der Waals surface area contributed by atoms with Gasteiger partial charge in [-0.05, 0) is 19.9 Å². The van der Waals surface area contributed by atoms with E-state index >= 15 is 0 Å². The summed E-state index contributed by atoms with van der Waals surface area (Å²) in [5.74, 6) is 0.207. The minimum absolute atomic E-state index is 0.00101. The van der Waals surface area contributed by atoms with E-state index in [-0.39, 0.29) is 27.3 Å². The molecule has 3 N–H and O–H groups in total. The number of primary sulfonamides is 1. The molecule has 10 nitrogen and oxygen atoms in total. The molecule has 1 fully saturated rings. The molecule has 0 radical (unpaired) electrons. The lowest BCUT2D eigenvalue weighted by Crippen LogP contribution is -2.63. The number of ether oxygens (including phenoxy) is 1. The summed E-state index contributed by atoms with van der Waals surface area (Å²) in [6.07, 6.45) is 0.116. The first-order valence-corrected chi connectivity index (χ1v) is 12.0. The molecule has 3 aromatic rings. The normalized spacial score (nSPS) is 19.2. The molecule has 0 aromatic carbocycles. The lowest BCUT2D eigenvalue weighted by Gasteiger charge is -2.45. The predicted octanol–water partition coefficient (Wildman–Crippen LogP) is 1.64. The van der Waals surface area contributed by atoms with Crippen molar-refractivity contribution in [1.29, 1.82) is 0 Å². The second-order valence-corrected chi connectivity index (χ2v) is 10.8. The standard InChI is InChI=1S/C18H23F2N7O3S2/c1-18(2)9-26(6-10(23-18)8-30-3)12-4-11(32(21,28)29)7-27-13(12)5-22-15(27)17-25-24-16(31-17)14(19)20/h4-5,7,10,14,23H,6,8-9H2,1-3H3,(H2,21,28,29). The summed E-state index contributed by atoms with van der Waals surface area (Å²) >= 11 is 0.699. The summed E-state index contributed by atoms with van der Waals surface area (Å²) in [6, 6.07) is 1.51. The van der Waals surface area contributed by atoms with Crippen LogP contribution in [0.2, 0.25) is 0 Å². The number of rotatable bonds is 6. The van der Waals surface area contributed by atoms with E-state index in [0.29, 0.717) is 42.2 Å². The Morgan fingerprint density at radius 3 is 2.78 bits per heavy atom. The Morgan fingerprint density at radius 2 is 2.16 bits per heavy atom. The molecule has 1 atom stereocenters. The van der Waals surface area contributed by atoms with Crippen LogP contribution in [-0.4, -0.2) is 66.4 Å². The quantitative estimate of drug-likeness (QED) is 0.537. The number of pyridine rings is 1. The topological polar surface area (TPSA) is 128 Å². The molecule has 14 heteroatoms. The molecule has 3 aromatic heterocycles. The number of hydrogen-bond donors (Lipinski definition) is 2. The molecule has 32 heavy (non-hydrogen) atoms. The number of anilines is 1. The van der Waals surface area contributed by atoms with Gasteiger partial charge in [0.2, 0.25) is 10.0 Å². The third-order valence-electron chi connectivity index (χ3n) is 5.07. The van der Waals surface area contributed by atoms with Crippen molar-refractivity contribution in [3.8, 4) is 10.8 Å². The van der Waals surface area contributed by atoms with Crippen LogP contribution in [0.25, 0.3) is 16.3 Å². The first-order chi connectivity index (χ1) is 15.0. The number of aromatic nitrogens is 4. The number of nitrogens with one attached hydrogen (secondary N) is 1. The number of alkyl halides is 2. The third kappa shape index (κ3) is 4.45. The van der Waals surface area contributed by atoms with Gasteiger partial charge in [-0.25, -0.2) is 27.3 Å². The van der Waals surface area contributed by atoms with E-state index in [4.69, 9.17) is 9.88 Å². The third-order valence-corrected chi connectivity index (χ3v) is 6.88. The molecule has 1 aliphatic heterocycles. The molecule has 1 unspecified atom stereocenters. The van der Waals surface area contributed by atoms with Gasteiger partial charge in [0.25, 0.3) is 6.43 Å². The van der Waals surface area contributed by atoms with Crippen LogP contribution in [0.5, 0.6) is 0 Å². The number of fused-ring (bicyclic) bond motifs is 1. The van der Waals surface area contributed by atoms with Crippen LogP contribution >= 0.6 is 11.3 Å². The van der Waals surface area contributed by atoms with Crippen molar-refractivity contribution in [2.45, 2.75) is 36.7 Å². The van der Waals surface area contributed by atoms with Crippen molar-refractivity contribution in [1.82, 2.24) is 24.9 Å². The van der Waals surface area contributed by atoms with E-state index in [1.165, 1.54) is 16.7 Å². The first kappa shape index (κ1) is 22.9. The van der Waals surface area contributed by atoms with Crippen molar-refractivity contribution >= 4 is 32.6 Å². The Kier molecular flexibility index (Phi) is 5.92. The van der Waals surface area contributed by atoms with Crippen LogP contribution in [0.3, 0.4) is 0 Å². The second-order valence-electron chi connectivity index (χ2n) is 8.25. The van der Waals surface area contributed by atoms with Crippen LogP contribution in [-0.2, 0) is 14.8 Å². The Bertz CT molecular complexity index is 1240. The smallest absolute Gasteiger partial charge is 0.291 e. The monoisotopic (exact) mass is 487 g/mol. The molecular weight excluding hydrogens is 464 g/mol. The fourth-order valence-electron chi connectivity index (χ4n) is 3.97. The molecule has 0 bridgehead atoms. The van der Waals surface area contributed by atoms with E-state index in [1.54, 1.807) is 13.3 Å². The summed E-state index contributed by atoms with van der Waals surface area (Å²) in [7, 11) is -2.44. The van der Waals surface area contributed by atoms with Crippen molar-refractivity contribution in [3.63, 3.8) is 0 Å². The van der Waals surface area contributed by atoms with Gasteiger partial charge < -0.3 is 15.0 Å². The summed E-state index contributed by atoms with van der Waals surface area (Å²) in [4.78, 5) is 6.25. The first-order valence-electron chi connectivity index (χ1n) is 9.66. The van der Waals surface area contributed by atoms with Gasteiger partial charge in [-0.15, -0.1) is 10.2 Å². The second kappa shape index (κ2) is 8.26. The van der Waals surface area contributed by atoms with Gasteiger partial charge in [0.15, 0.2) is 15.8 Å². The number of halogens is 2. The zero-order chi connectivity index (χ0) is 23.3. The molecule has 0 aliphatic carbocycles. The number of sulfonamides is 1. The van der Waals surface area contributed by atoms with Crippen LogP contribution in [0.1, 0.15) is 25.3 Å². The van der Waals surface area contributed by atoms with Crippen molar-refractivity contribution in [2.24, 2.45) is 5.14 Å². The highest BCUT2D eigenvalue weighted by Crippen LogP contribution is 2.34. The highest BCUT2D eigenvalue weighted by atomic mass is 32.2. The summed E-state index contributed by atoms with van der Waals surface area (Å²) in [5.41, 5.74) is 0.907. The summed E-state index contributed by atoms with van der Waals surface area (Å²) in [6.45, 7) is 5.67. The SMILES string of the molecule is COCC1CN(c2cc(S(N)(=O)=O)cn3c(-c4nnc(C(F)F)s4)ncc23)CC(C)(C)N1. The van der Waals surface area contributed by atoms with E-state index in [1.807, 2.05) is 18.7 Å². The summed E-state index contributed by atoms with van der Waals surface area (Å²) < 4.78 is 57.3. The van der Waals surface area contributed by atoms with E-state index in [9.17, 15) is 17.2 Å². The van der Waals surface area contributed by atoms with Gasteiger partial charge in [0.05, 0.1) is 24.0 Å². The van der Waals surface area contributed by atoms with Gasteiger partial charge in [-0.3, -0.25) is 4.40 Å². The lowest BCUT2D eigenvalue weighted by molar-refractivity contribution is 0.140. The maximum Gasteiger partial charge on any atom is 0.291 e. The van der Waals surface area contributed by atoms with E-state index in [2.05, 4.69) is 20.5 Å². The summed E-state index contributed by atoms with van der Waals surface area (Å²) in [5, 5.41) is 16.0. The predicted molar refractivity (Wildman–Crippen MR) is 116 cm³/mol. The van der Waals surface area contributed by atoms with Crippen LogP contribution in [0.15, 0.2) is 23.4 Å². The minimum atomic E-state index is -4.06. The number of nitrogens with two attached hydrogens (primary N) is 1. The average Bonchev–Trinajstić information content (AvgIpc) is 3.32. The Labute approximate surface area is 187 Å². The molecule has 0 saturated carbocycles. The zero-order valence-electron chi connectivity index (χ0n) is 17.6.